The normalized spacial score (nSPS) is 17.8. The van der Waals surface area contributed by atoms with E-state index in [0.717, 1.165) is 35.6 Å². The van der Waals surface area contributed by atoms with Crippen LogP contribution in [-0.2, 0) is 17.9 Å². The molecule has 1 fully saturated rings. The van der Waals surface area contributed by atoms with E-state index >= 15 is 0 Å². The van der Waals surface area contributed by atoms with E-state index in [1.165, 1.54) is 31.3 Å². The zero-order valence-electron chi connectivity index (χ0n) is 15.5. The molecule has 1 amide bonds. The van der Waals surface area contributed by atoms with E-state index in [0.29, 0.717) is 25.7 Å². The number of likely N-dealkylation sites (N-methyl/N-ethyl adjacent to an activating group) is 1. The molecule has 2 aromatic rings. The van der Waals surface area contributed by atoms with Crippen molar-refractivity contribution in [3.8, 4) is 0 Å². The van der Waals surface area contributed by atoms with Crippen LogP contribution in [0.3, 0.4) is 0 Å². The summed E-state index contributed by atoms with van der Waals surface area (Å²) in [4.78, 5) is 25.5. The van der Waals surface area contributed by atoms with E-state index in [1.54, 1.807) is 12.1 Å². The Kier molecular flexibility index (Phi) is 4.92. The predicted molar refractivity (Wildman–Crippen MR) is 102 cm³/mol. The van der Waals surface area contributed by atoms with Crippen LogP contribution in [0.2, 0.25) is 0 Å². The van der Waals surface area contributed by atoms with E-state index in [4.69, 9.17) is 0 Å². The molecule has 0 unspecified atom stereocenters. The lowest BCUT2D eigenvalue weighted by Gasteiger charge is -2.28. The molecule has 142 valence electrons. The van der Waals surface area contributed by atoms with Gasteiger partial charge >= 0.3 is 0 Å². The molecule has 0 atom stereocenters. The van der Waals surface area contributed by atoms with Crippen molar-refractivity contribution in [3.05, 3.63) is 47.5 Å². The third-order valence-corrected chi connectivity index (χ3v) is 5.44. The van der Waals surface area contributed by atoms with Crippen molar-refractivity contribution in [2.24, 2.45) is 0 Å². The first-order valence-electron chi connectivity index (χ1n) is 9.44. The van der Waals surface area contributed by atoms with Crippen molar-refractivity contribution in [2.75, 3.05) is 23.8 Å². The van der Waals surface area contributed by atoms with Crippen LogP contribution in [-0.4, -0.2) is 40.4 Å². The van der Waals surface area contributed by atoms with Crippen LogP contribution < -0.4 is 10.2 Å². The highest BCUT2D eigenvalue weighted by atomic mass is 19.1. The molecule has 1 aliphatic heterocycles. The van der Waals surface area contributed by atoms with E-state index in [-0.39, 0.29) is 11.7 Å². The fraction of sp³-hybridized carbons (Fsp3) is 0.450. The Morgan fingerprint density at radius 3 is 2.63 bits per heavy atom. The van der Waals surface area contributed by atoms with Crippen LogP contribution in [0.4, 0.5) is 16.0 Å². The quantitative estimate of drug-likeness (QED) is 0.898. The summed E-state index contributed by atoms with van der Waals surface area (Å²) in [6, 6.07) is 6.71. The SMILES string of the molecule is CN1CC(=O)N(C2CCCC2)Cc2c(NCc3ccc(F)cc3)ncnc21. The number of hydrogen-bond donors (Lipinski definition) is 1. The highest BCUT2D eigenvalue weighted by Crippen LogP contribution is 2.32. The molecule has 2 aliphatic rings. The standard InChI is InChI=1S/C20H24FN5O/c1-25-12-18(27)26(16-4-2-3-5-16)11-17-19(23-13-24-20(17)25)22-10-14-6-8-15(21)9-7-14/h6-9,13,16H,2-5,10-12H2,1H3,(H,22,23,24). The number of amides is 1. The summed E-state index contributed by atoms with van der Waals surface area (Å²) >= 11 is 0. The molecule has 1 aliphatic carbocycles. The maximum atomic E-state index is 13.1. The van der Waals surface area contributed by atoms with Crippen molar-refractivity contribution in [3.63, 3.8) is 0 Å². The van der Waals surface area contributed by atoms with E-state index in [1.807, 2.05) is 16.8 Å². The van der Waals surface area contributed by atoms with Gasteiger partial charge in [-0.05, 0) is 30.5 Å². The number of halogens is 1. The number of aromatic nitrogens is 2. The molecule has 0 saturated heterocycles. The van der Waals surface area contributed by atoms with Gasteiger partial charge in [0, 0.05) is 19.6 Å². The first-order chi connectivity index (χ1) is 13.1. The number of rotatable bonds is 4. The fourth-order valence-corrected chi connectivity index (χ4v) is 3.99. The van der Waals surface area contributed by atoms with Gasteiger partial charge in [-0.2, -0.15) is 0 Å². The number of carbonyl (C=O) groups is 1. The Morgan fingerprint density at radius 2 is 1.89 bits per heavy atom. The van der Waals surface area contributed by atoms with Crippen molar-refractivity contribution in [1.82, 2.24) is 14.9 Å². The van der Waals surface area contributed by atoms with Gasteiger partial charge in [0.1, 0.15) is 23.8 Å². The summed E-state index contributed by atoms with van der Waals surface area (Å²) in [5, 5.41) is 3.34. The predicted octanol–water partition coefficient (Wildman–Crippen LogP) is 2.95. The average molecular weight is 369 g/mol. The van der Waals surface area contributed by atoms with Crippen molar-refractivity contribution >= 4 is 17.5 Å². The second-order valence-electron chi connectivity index (χ2n) is 7.32. The topological polar surface area (TPSA) is 61.4 Å². The molecule has 27 heavy (non-hydrogen) atoms. The summed E-state index contributed by atoms with van der Waals surface area (Å²) in [5.74, 6) is 1.42. The molecular formula is C20H24FN5O. The van der Waals surface area contributed by atoms with Gasteiger partial charge in [0.15, 0.2) is 0 Å². The van der Waals surface area contributed by atoms with E-state index in [2.05, 4.69) is 15.3 Å². The lowest BCUT2D eigenvalue weighted by molar-refractivity contribution is -0.132. The van der Waals surface area contributed by atoms with Crippen LogP contribution in [0.15, 0.2) is 30.6 Å². The number of nitrogens with one attached hydrogen (secondary N) is 1. The minimum Gasteiger partial charge on any atom is -0.366 e. The molecule has 1 N–H and O–H groups in total. The maximum absolute atomic E-state index is 13.1. The summed E-state index contributed by atoms with van der Waals surface area (Å²) < 4.78 is 13.1. The molecule has 0 radical (unpaired) electrons. The summed E-state index contributed by atoms with van der Waals surface area (Å²) in [5.41, 5.74) is 1.91. The molecule has 4 rings (SSSR count). The first-order valence-corrected chi connectivity index (χ1v) is 9.44. The van der Waals surface area contributed by atoms with Crippen LogP contribution >= 0.6 is 0 Å². The average Bonchev–Trinajstić information content (AvgIpc) is 3.16. The molecule has 6 nitrogen and oxygen atoms in total. The Morgan fingerprint density at radius 1 is 1.15 bits per heavy atom. The number of hydrogen-bond acceptors (Lipinski definition) is 5. The lowest BCUT2D eigenvalue weighted by Crippen LogP contribution is -2.41. The Bertz CT molecular complexity index is 820. The van der Waals surface area contributed by atoms with E-state index in [9.17, 15) is 9.18 Å². The van der Waals surface area contributed by atoms with Gasteiger partial charge in [0.25, 0.3) is 0 Å². The van der Waals surface area contributed by atoms with Crippen LogP contribution in [0, 0.1) is 5.82 Å². The first kappa shape index (κ1) is 17.7. The number of anilines is 2. The maximum Gasteiger partial charge on any atom is 0.242 e. The molecule has 1 saturated carbocycles. The number of benzene rings is 1. The molecule has 7 heteroatoms. The highest BCUT2D eigenvalue weighted by molar-refractivity contribution is 5.84. The third-order valence-electron chi connectivity index (χ3n) is 5.44. The summed E-state index contributed by atoms with van der Waals surface area (Å²) in [6.45, 7) is 1.39. The third kappa shape index (κ3) is 3.72. The van der Waals surface area contributed by atoms with Gasteiger partial charge in [0.2, 0.25) is 5.91 Å². The van der Waals surface area contributed by atoms with Gasteiger partial charge < -0.3 is 15.1 Å². The molecule has 1 aromatic carbocycles. The van der Waals surface area contributed by atoms with Crippen molar-refractivity contribution in [2.45, 2.75) is 44.8 Å². The molecular weight excluding hydrogens is 345 g/mol. The monoisotopic (exact) mass is 369 g/mol. The molecule has 0 spiro atoms. The Labute approximate surface area is 158 Å². The minimum atomic E-state index is -0.248. The zero-order chi connectivity index (χ0) is 18.8. The lowest BCUT2D eigenvalue weighted by atomic mass is 10.1. The molecule has 0 bridgehead atoms. The number of fused-ring (bicyclic) bond motifs is 1. The van der Waals surface area contributed by atoms with Gasteiger partial charge in [-0.25, -0.2) is 14.4 Å². The minimum absolute atomic E-state index is 0.145. The number of nitrogens with zero attached hydrogens (tertiary/aromatic N) is 4. The second-order valence-corrected chi connectivity index (χ2v) is 7.32. The van der Waals surface area contributed by atoms with Crippen LogP contribution in [0.25, 0.3) is 0 Å². The fourth-order valence-electron chi connectivity index (χ4n) is 3.99. The van der Waals surface area contributed by atoms with Crippen molar-refractivity contribution in [1.29, 1.82) is 0 Å². The smallest absolute Gasteiger partial charge is 0.242 e. The Balaban J connectivity index is 1.60. The van der Waals surface area contributed by atoms with E-state index < -0.39 is 0 Å². The van der Waals surface area contributed by atoms with Gasteiger partial charge in [-0.1, -0.05) is 25.0 Å². The van der Waals surface area contributed by atoms with Gasteiger partial charge in [-0.3, -0.25) is 4.79 Å². The summed E-state index contributed by atoms with van der Waals surface area (Å²) in [6.07, 6.45) is 6.02. The number of carbonyl (C=O) groups excluding carboxylic acids is 1. The van der Waals surface area contributed by atoms with Gasteiger partial charge in [-0.15, -0.1) is 0 Å². The van der Waals surface area contributed by atoms with Gasteiger partial charge in [0.05, 0.1) is 18.7 Å². The molecule has 2 heterocycles. The zero-order valence-corrected chi connectivity index (χ0v) is 15.5. The van der Waals surface area contributed by atoms with Crippen molar-refractivity contribution < 1.29 is 9.18 Å². The summed E-state index contributed by atoms with van der Waals surface area (Å²) in [7, 11) is 1.89. The Hall–Kier alpha value is -2.70. The van der Waals surface area contributed by atoms with Crippen LogP contribution in [0.1, 0.15) is 36.8 Å². The largest absolute Gasteiger partial charge is 0.366 e. The highest BCUT2D eigenvalue weighted by Gasteiger charge is 2.32. The molecule has 1 aromatic heterocycles. The van der Waals surface area contributed by atoms with Crippen LogP contribution in [0.5, 0.6) is 0 Å². The second kappa shape index (κ2) is 7.50.